The average Bonchev–Trinajstić information content (AvgIpc) is 3.05. The summed E-state index contributed by atoms with van der Waals surface area (Å²) in [6.45, 7) is 3.97. The minimum Gasteiger partial charge on any atom is -0.467 e. The monoisotopic (exact) mass is 437 g/mol. The normalized spacial score (nSPS) is 14.6. The molecule has 0 spiro atoms. The molecule has 0 unspecified atom stereocenters. The number of aromatic amines is 1. The van der Waals surface area contributed by atoms with Gasteiger partial charge in [0.25, 0.3) is 5.56 Å². The Labute approximate surface area is 178 Å². The number of methoxy groups -OCH3 is 1. The molecule has 158 valence electrons. The van der Waals surface area contributed by atoms with Gasteiger partial charge in [-0.05, 0) is 43.6 Å². The van der Waals surface area contributed by atoms with Crippen LogP contribution in [0.2, 0.25) is 0 Å². The summed E-state index contributed by atoms with van der Waals surface area (Å²) in [5, 5.41) is 3.48. The van der Waals surface area contributed by atoms with Crippen LogP contribution in [0.5, 0.6) is 0 Å². The SMILES string of the molecule is COC(=O)[C@H](CC(C)C)NC(=O)CSCc1nc2sc3c(c2c(=O)[nH]1)CCCC3. The molecule has 3 rings (SSSR count). The van der Waals surface area contributed by atoms with Crippen molar-refractivity contribution >= 4 is 45.2 Å². The third-order valence-electron chi connectivity index (χ3n) is 4.87. The molecule has 29 heavy (non-hydrogen) atoms. The molecule has 9 heteroatoms. The molecular weight excluding hydrogens is 410 g/mol. The zero-order valence-corrected chi connectivity index (χ0v) is 18.6. The van der Waals surface area contributed by atoms with E-state index in [4.69, 9.17) is 4.74 Å². The number of ether oxygens (including phenoxy) is 1. The number of fused-ring (bicyclic) bond motifs is 3. The van der Waals surface area contributed by atoms with Crippen molar-refractivity contribution in [1.29, 1.82) is 0 Å². The Morgan fingerprint density at radius 1 is 1.31 bits per heavy atom. The van der Waals surface area contributed by atoms with Crippen molar-refractivity contribution in [3.63, 3.8) is 0 Å². The highest BCUT2D eigenvalue weighted by Gasteiger charge is 2.23. The fraction of sp³-hybridized carbons (Fsp3) is 0.600. The van der Waals surface area contributed by atoms with Gasteiger partial charge in [-0.3, -0.25) is 9.59 Å². The second kappa shape index (κ2) is 9.75. The van der Waals surface area contributed by atoms with Crippen LogP contribution in [0.4, 0.5) is 0 Å². The number of aryl methyl sites for hydroxylation is 2. The summed E-state index contributed by atoms with van der Waals surface area (Å²) in [5.41, 5.74) is 1.08. The summed E-state index contributed by atoms with van der Waals surface area (Å²) in [6, 6.07) is -0.639. The number of hydrogen-bond donors (Lipinski definition) is 2. The van der Waals surface area contributed by atoms with Gasteiger partial charge in [0.15, 0.2) is 0 Å². The Morgan fingerprint density at radius 2 is 2.07 bits per heavy atom. The Kier molecular flexibility index (Phi) is 7.34. The van der Waals surface area contributed by atoms with Crippen LogP contribution in [0.1, 0.15) is 49.4 Å². The van der Waals surface area contributed by atoms with Crippen molar-refractivity contribution in [2.45, 2.75) is 57.7 Å². The van der Waals surface area contributed by atoms with Gasteiger partial charge in [-0.15, -0.1) is 23.1 Å². The van der Waals surface area contributed by atoms with E-state index in [0.717, 1.165) is 29.5 Å². The molecule has 0 saturated carbocycles. The Morgan fingerprint density at radius 3 is 2.79 bits per heavy atom. The second-order valence-electron chi connectivity index (χ2n) is 7.67. The molecule has 1 amide bonds. The van der Waals surface area contributed by atoms with E-state index in [-0.39, 0.29) is 23.1 Å². The first-order valence-corrected chi connectivity index (χ1v) is 11.8. The predicted octanol–water partition coefficient (Wildman–Crippen LogP) is 2.80. The number of thioether (sulfide) groups is 1. The molecule has 2 heterocycles. The van der Waals surface area contributed by atoms with E-state index >= 15 is 0 Å². The van der Waals surface area contributed by atoms with Gasteiger partial charge in [0.05, 0.1) is 24.0 Å². The van der Waals surface area contributed by atoms with Crippen LogP contribution in [0.15, 0.2) is 4.79 Å². The summed E-state index contributed by atoms with van der Waals surface area (Å²) in [5.74, 6) is 0.759. The van der Waals surface area contributed by atoms with Gasteiger partial charge >= 0.3 is 5.97 Å². The largest absolute Gasteiger partial charge is 0.467 e. The summed E-state index contributed by atoms with van der Waals surface area (Å²) in [7, 11) is 1.32. The summed E-state index contributed by atoms with van der Waals surface area (Å²) < 4.78 is 4.77. The first kappa shape index (κ1) is 21.8. The predicted molar refractivity (Wildman–Crippen MR) is 116 cm³/mol. The maximum atomic E-state index is 12.6. The molecule has 7 nitrogen and oxygen atoms in total. The number of amides is 1. The molecule has 1 aliphatic rings. The first-order valence-electron chi connectivity index (χ1n) is 9.87. The van der Waals surface area contributed by atoms with E-state index in [9.17, 15) is 14.4 Å². The molecule has 2 N–H and O–H groups in total. The summed E-state index contributed by atoms with van der Waals surface area (Å²) >= 11 is 2.97. The van der Waals surface area contributed by atoms with Crippen molar-refractivity contribution < 1.29 is 14.3 Å². The molecule has 1 atom stereocenters. The van der Waals surface area contributed by atoms with E-state index < -0.39 is 12.0 Å². The quantitative estimate of drug-likeness (QED) is 0.616. The Bertz CT molecular complexity index is 951. The standard InChI is InChI=1S/C20H27N3O4S2/c1-11(2)8-13(20(26)27-3)21-16(24)10-28-9-15-22-18(25)17-12-6-4-5-7-14(12)29-19(17)23-15/h11,13H,4-10H2,1-3H3,(H,21,24)(H,22,23,25)/t13-/m0/s1. The number of nitrogens with zero attached hydrogens (tertiary/aromatic N) is 1. The zero-order valence-electron chi connectivity index (χ0n) is 17.0. The highest BCUT2D eigenvalue weighted by molar-refractivity contribution is 7.99. The fourth-order valence-electron chi connectivity index (χ4n) is 3.58. The Balaban J connectivity index is 1.60. The van der Waals surface area contributed by atoms with E-state index in [1.807, 2.05) is 13.8 Å². The number of esters is 1. The first-order chi connectivity index (χ1) is 13.9. The van der Waals surface area contributed by atoms with Gasteiger partial charge in [-0.2, -0.15) is 0 Å². The molecule has 0 bridgehead atoms. The molecule has 0 radical (unpaired) electrons. The lowest BCUT2D eigenvalue weighted by atomic mass is 9.97. The minimum atomic E-state index is -0.639. The zero-order chi connectivity index (χ0) is 21.0. The summed E-state index contributed by atoms with van der Waals surface area (Å²) in [4.78, 5) is 46.2. The molecule has 2 aromatic rings. The van der Waals surface area contributed by atoms with Gasteiger partial charge in [0.1, 0.15) is 16.7 Å². The molecule has 1 aliphatic carbocycles. The van der Waals surface area contributed by atoms with Gasteiger partial charge < -0.3 is 15.0 Å². The van der Waals surface area contributed by atoms with E-state index in [0.29, 0.717) is 18.0 Å². The number of nitrogens with one attached hydrogen (secondary N) is 2. The maximum absolute atomic E-state index is 12.6. The van der Waals surface area contributed by atoms with Gasteiger partial charge in [-0.1, -0.05) is 13.8 Å². The molecule has 2 aromatic heterocycles. The maximum Gasteiger partial charge on any atom is 0.328 e. The minimum absolute atomic E-state index is 0.0860. The van der Waals surface area contributed by atoms with Crippen LogP contribution >= 0.6 is 23.1 Å². The number of rotatable bonds is 8. The van der Waals surface area contributed by atoms with Crippen molar-refractivity contribution in [2.24, 2.45) is 5.92 Å². The number of H-pyrrole nitrogens is 1. The number of carbonyl (C=O) groups excluding carboxylic acids is 2. The molecule has 0 aliphatic heterocycles. The molecule has 0 aromatic carbocycles. The number of aromatic nitrogens is 2. The number of hydrogen-bond acceptors (Lipinski definition) is 7. The van der Waals surface area contributed by atoms with Crippen molar-refractivity contribution in [1.82, 2.24) is 15.3 Å². The third-order valence-corrected chi connectivity index (χ3v) is 7.00. The smallest absolute Gasteiger partial charge is 0.328 e. The van der Waals surface area contributed by atoms with E-state index in [1.165, 1.54) is 35.7 Å². The number of thiophene rings is 1. The van der Waals surface area contributed by atoms with Crippen molar-refractivity contribution in [3.8, 4) is 0 Å². The van der Waals surface area contributed by atoms with Gasteiger partial charge in [-0.25, -0.2) is 9.78 Å². The van der Waals surface area contributed by atoms with Crippen LogP contribution in [-0.4, -0.2) is 40.7 Å². The Hall–Kier alpha value is -1.87. The van der Waals surface area contributed by atoms with Crippen LogP contribution in [0, 0.1) is 5.92 Å². The highest BCUT2D eigenvalue weighted by atomic mass is 32.2. The van der Waals surface area contributed by atoms with E-state index in [2.05, 4.69) is 15.3 Å². The van der Waals surface area contributed by atoms with Crippen molar-refractivity contribution in [2.75, 3.05) is 12.9 Å². The van der Waals surface area contributed by atoms with Crippen LogP contribution in [0.3, 0.4) is 0 Å². The number of carbonyl (C=O) groups is 2. The van der Waals surface area contributed by atoms with Gasteiger partial charge in [0, 0.05) is 4.88 Å². The van der Waals surface area contributed by atoms with Crippen LogP contribution < -0.4 is 10.9 Å². The molecule has 0 fully saturated rings. The third kappa shape index (κ3) is 5.39. The van der Waals surface area contributed by atoms with Gasteiger partial charge in [0.2, 0.25) is 5.91 Å². The summed E-state index contributed by atoms with van der Waals surface area (Å²) in [6.07, 6.45) is 4.79. The van der Waals surface area contributed by atoms with E-state index in [1.54, 1.807) is 11.3 Å². The van der Waals surface area contributed by atoms with Crippen LogP contribution in [-0.2, 0) is 32.9 Å². The second-order valence-corrected chi connectivity index (χ2v) is 9.74. The topological polar surface area (TPSA) is 101 Å². The molecular formula is C20H27N3O4S2. The highest BCUT2D eigenvalue weighted by Crippen LogP contribution is 2.33. The fourth-order valence-corrected chi connectivity index (χ4v) is 5.56. The lowest BCUT2D eigenvalue weighted by Gasteiger charge is -2.18. The lowest BCUT2D eigenvalue weighted by molar-refractivity contribution is -0.145. The van der Waals surface area contributed by atoms with Crippen molar-refractivity contribution in [3.05, 3.63) is 26.6 Å². The lowest BCUT2D eigenvalue weighted by Crippen LogP contribution is -2.43. The average molecular weight is 438 g/mol. The molecule has 0 saturated heterocycles. The van der Waals surface area contributed by atoms with Crippen LogP contribution in [0.25, 0.3) is 10.2 Å².